The molecule has 0 saturated heterocycles. The van der Waals surface area contributed by atoms with Crippen LogP contribution in [0.5, 0.6) is 11.5 Å². The van der Waals surface area contributed by atoms with Crippen molar-refractivity contribution in [1.29, 1.82) is 0 Å². The highest BCUT2D eigenvalue weighted by Crippen LogP contribution is 2.28. The third-order valence-corrected chi connectivity index (χ3v) is 4.05. The average molecular weight is 399 g/mol. The van der Waals surface area contributed by atoms with Crippen molar-refractivity contribution < 1.29 is 14.3 Å². The Morgan fingerprint density at radius 1 is 1.22 bits per heavy atom. The van der Waals surface area contributed by atoms with E-state index in [4.69, 9.17) is 21.1 Å². The lowest BCUT2D eigenvalue weighted by Gasteiger charge is -2.12. The van der Waals surface area contributed by atoms with Crippen LogP contribution in [-0.4, -0.2) is 19.6 Å². The third kappa shape index (κ3) is 4.88. The van der Waals surface area contributed by atoms with Crippen LogP contribution in [0.4, 0.5) is 5.69 Å². The number of ether oxygens (including phenoxy) is 2. The predicted molar refractivity (Wildman–Crippen MR) is 95.6 cm³/mol. The Balaban J connectivity index is 1.99. The van der Waals surface area contributed by atoms with Gasteiger partial charge in [0.1, 0.15) is 11.5 Å². The lowest BCUT2D eigenvalue weighted by molar-refractivity contribution is -0.118. The maximum absolute atomic E-state index is 12.0. The number of hydrogen-bond donors (Lipinski definition) is 1. The monoisotopic (exact) mass is 397 g/mol. The van der Waals surface area contributed by atoms with E-state index in [-0.39, 0.29) is 12.5 Å². The van der Waals surface area contributed by atoms with Crippen LogP contribution >= 0.6 is 27.5 Å². The fraction of sp³-hybridized carbons (Fsp3) is 0.235. The van der Waals surface area contributed by atoms with E-state index in [0.717, 1.165) is 10.9 Å². The zero-order chi connectivity index (χ0) is 16.8. The Morgan fingerprint density at radius 2 is 1.96 bits per heavy atom. The summed E-state index contributed by atoms with van der Waals surface area (Å²) in [6.07, 6.45) is 0.938. The fourth-order valence-electron chi connectivity index (χ4n) is 1.99. The number of aryl methyl sites for hydroxylation is 1. The van der Waals surface area contributed by atoms with Gasteiger partial charge in [0.05, 0.1) is 17.3 Å². The Morgan fingerprint density at radius 3 is 2.61 bits per heavy atom. The van der Waals surface area contributed by atoms with E-state index >= 15 is 0 Å². The molecule has 0 aliphatic carbocycles. The van der Waals surface area contributed by atoms with Crippen molar-refractivity contribution in [3.05, 3.63) is 51.5 Å². The van der Waals surface area contributed by atoms with Crippen LogP contribution < -0.4 is 14.8 Å². The number of nitrogens with one attached hydrogen (secondary N) is 1. The Labute approximate surface area is 148 Å². The molecule has 0 aliphatic heterocycles. The Kier molecular flexibility index (Phi) is 6.30. The quantitative estimate of drug-likeness (QED) is 0.768. The van der Waals surface area contributed by atoms with E-state index in [1.54, 1.807) is 18.2 Å². The topological polar surface area (TPSA) is 47.6 Å². The molecule has 0 aliphatic rings. The highest BCUT2D eigenvalue weighted by molar-refractivity contribution is 9.10. The summed E-state index contributed by atoms with van der Waals surface area (Å²) in [5, 5.41) is 3.24. The molecule has 0 fully saturated rings. The minimum Gasteiger partial charge on any atom is -0.495 e. The molecular formula is C17H17BrClNO3. The van der Waals surface area contributed by atoms with Gasteiger partial charge in [-0.1, -0.05) is 24.6 Å². The number of anilines is 1. The van der Waals surface area contributed by atoms with E-state index in [1.807, 2.05) is 18.2 Å². The SMILES string of the molecule is CCc1ccc(OCC(=O)Nc2cc(Cl)ccc2OC)c(Br)c1. The van der Waals surface area contributed by atoms with Crippen molar-refractivity contribution in [2.75, 3.05) is 19.0 Å². The smallest absolute Gasteiger partial charge is 0.262 e. The van der Waals surface area contributed by atoms with Crippen LogP contribution in [0.15, 0.2) is 40.9 Å². The first kappa shape index (κ1) is 17.6. The minimum absolute atomic E-state index is 0.111. The molecule has 1 N–H and O–H groups in total. The lowest BCUT2D eigenvalue weighted by Crippen LogP contribution is -2.20. The van der Waals surface area contributed by atoms with Gasteiger partial charge in [-0.25, -0.2) is 0 Å². The van der Waals surface area contributed by atoms with E-state index in [2.05, 4.69) is 28.2 Å². The van der Waals surface area contributed by atoms with Gasteiger partial charge in [-0.2, -0.15) is 0 Å². The molecule has 0 saturated carbocycles. The molecule has 0 unspecified atom stereocenters. The molecule has 2 rings (SSSR count). The van der Waals surface area contributed by atoms with E-state index in [0.29, 0.717) is 22.2 Å². The molecular weight excluding hydrogens is 382 g/mol. The minimum atomic E-state index is -0.294. The van der Waals surface area contributed by atoms with Crippen molar-refractivity contribution in [1.82, 2.24) is 0 Å². The Hall–Kier alpha value is -1.72. The first-order chi connectivity index (χ1) is 11.0. The van der Waals surface area contributed by atoms with E-state index < -0.39 is 0 Å². The molecule has 1 amide bonds. The van der Waals surface area contributed by atoms with E-state index in [1.165, 1.54) is 12.7 Å². The second-order valence-corrected chi connectivity index (χ2v) is 6.09. The molecule has 0 heterocycles. The predicted octanol–water partition coefficient (Wildman–Crippen LogP) is 4.69. The number of halogens is 2. The number of hydrogen-bond acceptors (Lipinski definition) is 3. The first-order valence-electron chi connectivity index (χ1n) is 7.08. The average Bonchev–Trinajstić information content (AvgIpc) is 2.54. The summed E-state index contributed by atoms with van der Waals surface area (Å²) in [7, 11) is 1.53. The molecule has 6 heteroatoms. The number of carbonyl (C=O) groups is 1. The van der Waals surface area contributed by atoms with E-state index in [9.17, 15) is 4.79 Å². The molecule has 0 spiro atoms. The normalized spacial score (nSPS) is 10.3. The molecule has 2 aromatic carbocycles. The molecule has 4 nitrogen and oxygen atoms in total. The van der Waals surface area contributed by atoms with Crippen molar-refractivity contribution in [3.63, 3.8) is 0 Å². The Bertz CT molecular complexity index is 706. The maximum atomic E-state index is 12.0. The van der Waals surface area contributed by atoms with Gasteiger partial charge in [0.2, 0.25) is 0 Å². The second-order valence-electron chi connectivity index (χ2n) is 4.80. The number of rotatable bonds is 6. The van der Waals surface area contributed by atoms with Crippen molar-refractivity contribution in [2.45, 2.75) is 13.3 Å². The third-order valence-electron chi connectivity index (χ3n) is 3.20. The molecule has 2 aromatic rings. The molecule has 122 valence electrons. The van der Waals surface area contributed by atoms with Crippen LogP contribution in [0.1, 0.15) is 12.5 Å². The van der Waals surface area contributed by atoms with Gasteiger partial charge in [0, 0.05) is 5.02 Å². The lowest BCUT2D eigenvalue weighted by atomic mass is 10.2. The number of methoxy groups -OCH3 is 1. The van der Waals surface area contributed by atoms with Crippen LogP contribution in [0, 0.1) is 0 Å². The second kappa shape index (κ2) is 8.22. The zero-order valence-electron chi connectivity index (χ0n) is 12.9. The van der Waals surface area contributed by atoms with Crippen molar-refractivity contribution >= 4 is 39.1 Å². The molecule has 0 bridgehead atoms. The number of amides is 1. The maximum Gasteiger partial charge on any atom is 0.262 e. The summed E-state index contributed by atoms with van der Waals surface area (Å²) >= 11 is 9.38. The van der Waals surface area contributed by atoms with Gasteiger partial charge < -0.3 is 14.8 Å². The van der Waals surface area contributed by atoms with Crippen molar-refractivity contribution in [3.8, 4) is 11.5 Å². The summed E-state index contributed by atoms with van der Waals surface area (Å²) in [6, 6.07) is 10.8. The number of carbonyl (C=O) groups excluding carboxylic acids is 1. The highest BCUT2D eigenvalue weighted by Gasteiger charge is 2.10. The zero-order valence-corrected chi connectivity index (χ0v) is 15.2. The van der Waals surface area contributed by atoms with Gasteiger partial charge >= 0.3 is 0 Å². The first-order valence-corrected chi connectivity index (χ1v) is 8.25. The molecule has 0 radical (unpaired) electrons. The number of benzene rings is 2. The molecule has 0 aromatic heterocycles. The van der Waals surface area contributed by atoms with Crippen LogP contribution in [0.25, 0.3) is 0 Å². The fourth-order valence-corrected chi connectivity index (χ4v) is 2.70. The molecule has 0 atom stereocenters. The van der Waals surface area contributed by atoms with Gasteiger partial charge in [-0.3, -0.25) is 4.79 Å². The van der Waals surface area contributed by atoms with Crippen molar-refractivity contribution in [2.24, 2.45) is 0 Å². The largest absolute Gasteiger partial charge is 0.495 e. The van der Waals surface area contributed by atoms with Crippen LogP contribution in [0.2, 0.25) is 5.02 Å². The summed E-state index contributed by atoms with van der Waals surface area (Å²) in [4.78, 5) is 12.0. The van der Waals surface area contributed by atoms with Gasteiger partial charge in [0.25, 0.3) is 5.91 Å². The summed E-state index contributed by atoms with van der Waals surface area (Å²) in [5.41, 5.74) is 1.70. The van der Waals surface area contributed by atoms with Gasteiger partial charge in [-0.05, 0) is 58.2 Å². The molecule has 23 heavy (non-hydrogen) atoms. The van der Waals surface area contributed by atoms with Gasteiger partial charge in [0.15, 0.2) is 6.61 Å². The highest BCUT2D eigenvalue weighted by atomic mass is 79.9. The van der Waals surface area contributed by atoms with Crippen LogP contribution in [-0.2, 0) is 11.2 Å². The summed E-state index contributed by atoms with van der Waals surface area (Å²) < 4.78 is 11.6. The standard InChI is InChI=1S/C17H17BrClNO3/c1-3-11-4-6-15(13(18)8-11)23-10-17(21)20-14-9-12(19)5-7-16(14)22-2/h4-9H,3,10H2,1-2H3,(H,20,21). The van der Waals surface area contributed by atoms with Crippen LogP contribution in [0.3, 0.4) is 0 Å². The summed E-state index contributed by atoms with van der Waals surface area (Å²) in [5.74, 6) is 0.865. The van der Waals surface area contributed by atoms with Gasteiger partial charge in [-0.15, -0.1) is 0 Å². The summed E-state index contributed by atoms with van der Waals surface area (Å²) in [6.45, 7) is 1.97.